The van der Waals surface area contributed by atoms with Crippen molar-refractivity contribution in [2.24, 2.45) is 0 Å². The van der Waals surface area contributed by atoms with Crippen LogP contribution in [0.1, 0.15) is 0 Å². The number of hydrogen-bond donors (Lipinski definition) is 1. The molecule has 0 aliphatic heterocycles. The van der Waals surface area contributed by atoms with Crippen LogP contribution < -0.4 is 5.73 Å². The van der Waals surface area contributed by atoms with E-state index in [2.05, 4.69) is 127 Å². The smallest absolute Gasteiger partial charge is 0.0326 e. The second-order valence-corrected chi connectivity index (χ2v) is 9.97. The lowest BCUT2D eigenvalue weighted by atomic mass is 9.84. The molecule has 37 heavy (non-hydrogen) atoms. The highest BCUT2D eigenvalue weighted by molar-refractivity contribution is 6.37. The highest BCUT2D eigenvalue weighted by Crippen LogP contribution is 2.46. The Bertz CT molecular complexity index is 2120. The molecular formula is C36H23N. The molecule has 0 bridgehead atoms. The van der Waals surface area contributed by atoms with Crippen LogP contribution in [-0.2, 0) is 0 Å². The maximum Gasteiger partial charge on any atom is 0.0326 e. The Balaban J connectivity index is 1.64. The highest BCUT2D eigenvalue weighted by atomic mass is 14.5. The summed E-state index contributed by atoms with van der Waals surface area (Å²) in [5.41, 5.74) is 12.1. The third kappa shape index (κ3) is 2.92. The molecule has 8 aromatic carbocycles. The van der Waals surface area contributed by atoms with Gasteiger partial charge in [0.25, 0.3) is 0 Å². The minimum atomic E-state index is 0.783. The topological polar surface area (TPSA) is 26.0 Å². The summed E-state index contributed by atoms with van der Waals surface area (Å²) in [5.74, 6) is 0. The van der Waals surface area contributed by atoms with Crippen molar-refractivity contribution < 1.29 is 0 Å². The molecule has 8 aromatic rings. The molecule has 0 saturated heterocycles. The van der Waals surface area contributed by atoms with E-state index in [9.17, 15) is 0 Å². The minimum absolute atomic E-state index is 0.783. The molecule has 0 aliphatic rings. The fraction of sp³-hybridized carbons (Fsp3) is 0. The molecule has 1 heteroatoms. The number of rotatable bonds is 2. The van der Waals surface area contributed by atoms with Gasteiger partial charge in [-0.15, -0.1) is 0 Å². The second kappa shape index (κ2) is 7.56. The van der Waals surface area contributed by atoms with E-state index >= 15 is 0 Å². The van der Waals surface area contributed by atoms with Crippen molar-refractivity contribution in [3.05, 3.63) is 127 Å². The summed E-state index contributed by atoms with van der Waals surface area (Å²) in [4.78, 5) is 0. The highest BCUT2D eigenvalue weighted by Gasteiger charge is 2.18. The van der Waals surface area contributed by atoms with Gasteiger partial charge in [0.15, 0.2) is 0 Å². The summed E-state index contributed by atoms with van der Waals surface area (Å²) < 4.78 is 0. The summed E-state index contributed by atoms with van der Waals surface area (Å²) in [7, 11) is 0. The summed E-state index contributed by atoms with van der Waals surface area (Å²) in [6.45, 7) is 0. The SMILES string of the molecule is Nc1cc(-c2ccccc2)c2cc3c(cc2c1)c1c(-c2ccccc2)ccc2ccc4cccc3c4c21. The van der Waals surface area contributed by atoms with E-state index in [-0.39, 0.29) is 0 Å². The molecule has 172 valence electrons. The number of benzene rings is 8. The number of nitrogens with two attached hydrogens (primary N) is 1. The van der Waals surface area contributed by atoms with E-state index in [0.717, 1.165) is 5.69 Å². The van der Waals surface area contributed by atoms with Crippen molar-refractivity contribution in [1.29, 1.82) is 0 Å². The zero-order valence-corrected chi connectivity index (χ0v) is 20.2. The summed E-state index contributed by atoms with van der Waals surface area (Å²) in [5, 5.41) is 12.8. The van der Waals surface area contributed by atoms with Gasteiger partial charge in [0.05, 0.1) is 0 Å². The molecule has 0 aliphatic carbocycles. The Morgan fingerprint density at radius 3 is 1.78 bits per heavy atom. The van der Waals surface area contributed by atoms with Gasteiger partial charge in [-0.2, -0.15) is 0 Å². The van der Waals surface area contributed by atoms with Crippen LogP contribution in [0.2, 0.25) is 0 Å². The molecule has 0 fully saturated rings. The van der Waals surface area contributed by atoms with Gasteiger partial charge >= 0.3 is 0 Å². The van der Waals surface area contributed by atoms with Gasteiger partial charge < -0.3 is 5.73 Å². The van der Waals surface area contributed by atoms with E-state index in [1.165, 1.54) is 76.1 Å². The minimum Gasteiger partial charge on any atom is -0.399 e. The number of nitrogen functional groups attached to an aromatic ring is 1. The van der Waals surface area contributed by atoms with Crippen LogP contribution in [0.25, 0.3) is 76.1 Å². The average Bonchev–Trinajstić information content (AvgIpc) is 2.96. The predicted octanol–water partition coefficient (Wildman–Crippen LogP) is 9.81. The number of fused-ring (bicyclic) bond motifs is 4. The molecule has 0 atom stereocenters. The Hall–Kier alpha value is -4.88. The van der Waals surface area contributed by atoms with Gasteiger partial charge in [-0.3, -0.25) is 0 Å². The van der Waals surface area contributed by atoms with Crippen LogP contribution in [0, 0.1) is 0 Å². The Labute approximate surface area is 214 Å². The van der Waals surface area contributed by atoms with Crippen LogP contribution in [0.5, 0.6) is 0 Å². The molecule has 2 N–H and O–H groups in total. The molecule has 0 saturated carbocycles. The lowest BCUT2D eigenvalue weighted by Gasteiger charge is -2.19. The van der Waals surface area contributed by atoms with E-state index in [4.69, 9.17) is 5.73 Å². The standard InChI is InChI=1S/C36H23N/c37-27-18-26-19-33-32(21-31(26)30(20-27)23-10-5-2-6-11-23)29-13-7-12-24-14-15-25-16-17-28(22-8-3-1-4-9-22)36(33)35(25)34(24)29/h1-21H,37H2. The lowest BCUT2D eigenvalue weighted by Crippen LogP contribution is -1.92. The average molecular weight is 470 g/mol. The molecule has 1 nitrogen and oxygen atoms in total. The first-order valence-electron chi connectivity index (χ1n) is 12.7. The van der Waals surface area contributed by atoms with Crippen molar-refractivity contribution in [1.82, 2.24) is 0 Å². The van der Waals surface area contributed by atoms with Crippen molar-refractivity contribution in [2.45, 2.75) is 0 Å². The zero-order chi connectivity index (χ0) is 24.5. The van der Waals surface area contributed by atoms with Gasteiger partial charge in [0.2, 0.25) is 0 Å². The number of anilines is 1. The zero-order valence-electron chi connectivity index (χ0n) is 20.2. The van der Waals surface area contributed by atoms with E-state index in [1.807, 2.05) is 0 Å². The van der Waals surface area contributed by atoms with Crippen molar-refractivity contribution in [2.75, 3.05) is 5.73 Å². The second-order valence-electron chi connectivity index (χ2n) is 9.97. The van der Waals surface area contributed by atoms with E-state index in [0.29, 0.717) is 0 Å². The van der Waals surface area contributed by atoms with Gasteiger partial charge in [0.1, 0.15) is 0 Å². The van der Waals surface area contributed by atoms with Gasteiger partial charge in [0, 0.05) is 5.69 Å². The van der Waals surface area contributed by atoms with Crippen molar-refractivity contribution in [3.8, 4) is 22.3 Å². The van der Waals surface area contributed by atoms with Crippen molar-refractivity contribution in [3.63, 3.8) is 0 Å². The molecule has 0 radical (unpaired) electrons. The Morgan fingerprint density at radius 2 is 1.03 bits per heavy atom. The molecule has 8 rings (SSSR count). The van der Waals surface area contributed by atoms with Crippen LogP contribution in [-0.4, -0.2) is 0 Å². The first kappa shape index (κ1) is 20.3. The van der Waals surface area contributed by atoms with Crippen LogP contribution in [0.15, 0.2) is 127 Å². The maximum absolute atomic E-state index is 6.47. The van der Waals surface area contributed by atoms with E-state index in [1.54, 1.807) is 0 Å². The van der Waals surface area contributed by atoms with E-state index < -0.39 is 0 Å². The first-order chi connectivity index (χ1) is 18.3. The maximum atomic E-state index is 6.47. The first-order valence-corrected chi connectivity index (χ1v) is 12.7. The normalized spacial score (nSPS) is 11.9. The van der Waals surface area contributed by atoms with Gasteiger partial charge in [-0.05, 0) is 100 Å². The number of hydrogen-bond acceptors (Lipinski definition) is 1. The fourth-order valence-corrected chi connectivity index (χ4v) is 6.28. The van der Waals surface area contributed by atoms with Crippen LogP contribution in [0.3, 0.4) is 0 Å². The molecule has 0 amide bonds. The van der Waals surface area contributed by atoms with Crippen LogP contribution >= 0.6 is 0 Å². The molecule has 0 aromatic heterocycles. The predicted molar refractivity (Wildman–Crippen MR) is 160 cm³/mol. The fourth-order valence-electron chi connectivity index (χ4n) is 6.28. The summed E-state index contributed by atoms with van der Waals surface area (Å²) >= 11 is 0. The van der Waals surface area contributed by atoms with Crippen molar-refractivity contribution >= 4 is 59.5 Å². The molecule has 0 heterocycles. The van der Waals surface area contributed by atoms with Gasteiger partial charge in [-0.1, -0.05) is 103 Å². The van der Waals surface area contributed by atoms with Crippen LogP contribution in [0.4, 0.5) is 5.69 Å². The Morgan fingerprint density at radius 1 is 0.351 bits per heavy atom. The largest absolute Gasteiger partial charge is 0.399 e. The summed E-state index contributed by atoms with van der Waals surface area (Å²) in [6, 6.07) is 46.1. The third-order valence-electron chi connectivity index (χ3n) is 7.87. The lowest BCUT2D eigenvalue weighted by molar-refractivity contribution is 1.65. The molecule has 0 spiro atoms. The molecular weight excluding hydrogens is 446 g/mol. The Kier molecular flexibility index (Phi) is 4.15. The quantitative estimate of drug-likeness (QED) is 0.152. The third-order valence-corrected chi connectivity index (χ3v) is 7.87. The van der Waals surface area contributed by atoms with Gasteiger partial charge in [-0.25, -0.2) is 0 Å². The summed E-state index contributed by atoms with van der Waals surface area (Å²) in [6.07, 6.45) is 0. The monoisotopic (exact) mass is 469 g/mol. The molecule has 0 unspecified atom stereocenters.